The van der Waals surface area contributed by atoms with Crippen LogP contribution in [0.3, 0.4) is 0 Å². The monoisotopic (exact) mass is 209 g/mol. The highest BCUT2D eigenvalue weighted by Crippen LogP contribution is 2.14. The number of benzene rings is 1. The molecule has 0 aliphatic carbocycles. The topological polar surface area (TPSA) is 38.7 Å². The number of nitrogens with zero attached hydrogens (tertiary/aromatic N) is 3. The molecule has 14 heavy (non-hydrogen) atoms. The van der Waals surface area contributed by atoms with Crippen LogP contribution < -0.4 is 0 Å². The molecule has 2 rings (SSSR count). The highest BCUT2D eigenvalue weighted by molar-refractivity contribution is 6.28. The molecule has 0 radical (unpaired) electrons. The fraction of sp³-hybridized carbons (Fsp3) is 0. The van der Waals surface area contributed by atoms with Crippen molar-refractivity contribution in [1.29, 1.82) is 0 Å². The molecule has 0 amide bonds. The van der Waals surface area contributed by atoms with Gasteiger partial charge in [-0.2, -0.15) is 19.3 Å². The van der Waals surface area contributed by atoms with E-state index in [1.54, 1.807) is 12.1 Å². The Kier molecular flexibility index (Phi) is 2.37. The van der Waals surface area contributed by atoms with Crippen molar-refractivity contribution in [2.75, 3.05) is 0 Å². The van der Waals surface area contributed by atoms with E-state index < -0.39 is 6.08 Å². The Morgan fingerprint density at radius 3 is 2.36 bits per heavy atom. The maximum atomic E-state index is 12.8. The molecule has 70 valence electrons. The summed E-state index contributed by atoms with van der Waals surface area (Å²) in [4.78, 5) is 10.6. The molecule has 0 N–H and O–H groups in total. The van der Waals surface area contributed by atoms with E-state index in [1.807, 2.05) is 18.2 Å². The lowest BCUT2D eigenvalue weighted by Crippen LogP contribution is -1.96. The van der Waals surface area contributed by atoms with E-state index in [9.17, 15) is 4.39 Å². The van der Waals surface area contributed by atoms with Crippen LogP contribution in [0.15, 0.2) is 30.3 Å². The Labute approximate surface area is 84.6 Å². The second-order valence-corrected chi connectivity index (χ2v) is 2.90. The maximum absolute atomic E-state index is 12.8. The van der Waals surface area contributed by atoms with Crippen LogP contribution in [0.4, 0.5) is 4.39 Å². The van der Waals surface area contributed by atoms with Crippen LogP contribution in [0.1, 0.15) is 0 Å². The van der Waals surface area contributed by atoms with E-state index in [-0.39, 0.29) is 11.1 Å². The summed E-state index contributed by atoms with van der Waals surface area (Å²) in [5, 5.41) is -0.142. The fourth-order valence-electron chi connectivity index (χ4n) is 1.04. The van der Waals surface area contributed by atoms with E-state index in [4.69, 9.17) is 11.6 Å². The van der Waals surface area contributed by atoms with Crippen LogP contribution in [-0.4, -0.2) is 15.0 Å². The summed E-state index contributed by atoms with van der Waals surface area (Å²) in [6.45, 7) is 0. The lowest BCUT2D eigenvalue weighted by Gasteiger charge is -1.98. The van der Waals surface area contributed by atoms with Crippen molar-refractivity contribution < 1.29 is 4.39 Å². The molecule has 0 fully saturated rings. The van der Waals surface area contributed by atoms with Crippen LogP contribution >= 0.6 is 11.6 Å². The molecule has 0 atom stereocenters. The molecule has 0 aliphatic rings. The van der Waals surface area contributed by atoms with E-state index in [0.29, 0.717) is 5.56 Å². The van der Waals surface area contributed by atoms with Crippen molar-refractivity contribution in [3.63, 3.8) is 0 Å². The smallest absolute Gasteiger partial charge is 0.198 e. The minimum atomic E-state index is -0.871. The summed E-state index contributed by atoms with van der Waals surface area (Å²) in [6.07, 6.45) is -0.871. The van der Waals surface area contributed by atoms with Crippen LogP contribution in [0.25, 0.3) is 11.4 Å². The minimum Gasteiger partial charge on any atom is -0.198 e. The zero-order chi connectivity index (χ0) is 9.97. The molecule has 3 nitrogen and oxygen atoms in total. The summed E-state index contributed by atoms with van der Waals surface area (Å²) >= 11 is 5.50. The lowest BCUT2D eigenvalue weighted by molar-refractivity contribution is 0.534. The molecular formula is C9H5ClFN3. The Morgan fingerprint density at radius 2 is 1.71 bits per heavy atom. The van der Waals surface area contributed by atoms with Gasteiger partial charge in [-0.25, -0.2) is 0 Å². The molecule has 0 aliphatic heterocycles. The number of aromatic nitrogens is 3. The number of hydrogen-bond donors (Lipinski definition) is 0. The normalized spacial score (nSPS) is 10.1. The van der Waals surface area contributed by atoms with Gasteiger partial charge in [0.15, 0.2) is 5.82 Å². The quantitative estimate of drug-likeness (QED) is 0.724. The Morgan fingerprint density at radius 1 is 1.00 bits per heavy atom. The minimum absolute atomic E-state index is 0.142. The van der Waals surface area contributed by atoms with Crippen molar-refractivity contribution >= 4 is 11.6 Å². The predicted octanol–water partition coefficient (Wildman–Crippen LogP) is 2.33. The van der Waals surface area contributed by atoms with Crippen LogP contribution in [0.5, 0.6) is 0 Å². The summed E-state index contributed by atoms with van der Waals surface area (Å²) < 4.78 is 12.8. The molecule has 1 heterocycles. The van der Waals surface area contributed by atoms with Gasteiger partial charge in [0.05, 0.1) is 0 Å². The highest BCUT2D eigenvalue weighted by atomic mass is 35.5. The van der Waals surface area contributed by atoms with Gasteiger partial charge in [0.2, 0.25) is 5.28 Å². The third-order valence-electron chi connectivity index (χ3n) is 1.61. The van der Waals surface area contributed by atoms with Crippen molar-refractivity contribution in [1.82, 2.24) is 15.0 Å². The summed E-state index contributed by atoms with van der Waals surface area (Å²) in [5.41, 5.74) is 0.704. The van der Waals surface area contributed by atoms with E-state index >= 15 is 0 Å². The first-order valence-corrected chi connectivity index (χ1v) is 4.26. The summed E-state index contributed by atoms with van der Waals surface area (Å²) in [5.74, 6) is 0.239. The van der Waals surface area contributed by atoms with Crippen LogP contribution in [-0.2, 0) is 0 Å². The molecule has 5 heteroatoms. The van der Waals surface area contributed by atoms with E-state index in [2.05, 4.69) is 15.0 Å². The largest absolute Gasteiger partial charge is 0.313 e. The number of rotatable bonds is 1. The van der Waals surface area contributed by atoms with E-state index in [1.165, 1.54) is 0 Å². The first-order chi connectivity index (χ1) is 6.75. The molecular weight excluding hydrogens is 205 g/mol. The van der Waals surface area contributed by atoms with Gasteiger partial charge in [-0.1, -0.05) is 30.3 Å². The van der Waals surface area contributed by atoms with Gasteiger partial charge in [-0.05, 0) is 11.6 Å². The molecule has 0 unspecified atom stereocenters. The zero-order valence-electron chi connectivity index (χ0n) is 6.98. The standard InChI is InChI=1S/C9H5ClFN3/c10-8-12-7(13-9(11)14-8)6-4-2-1-3-5-6/h1-5H. The van der Waals surface area contributed by atoms with Crippen molar-refractivity contribution in [2.24, 2.45) is 0 Å². The van der Waals surface area contributed by atoms with Crippen molar-refractivity contribution in [3.05, 3.63) is 41.7 Å². The number of hydrogen-bond acceptors (Lipinski definition) is 3. The maximum Gasteiger partial charge on any atom is 0.313 e. The second kappa shape index (κ2) is 3.67. The molecule has 0 bridgehead atoms. The van der Waals surface area contributed by atoms with Gasteiger partial charge in [-0.3, -0.25) is 0 Å². The van der Waals surface area contributed by atoms with Gasteiger partial charge < -0.3 is 0 Å². The van der Waals surface area contributed by atoms with Gasteiger partial charge >= 0.3 is 6.08 Å². The van der Waals surface area contributed by atoms with Crippen molar-refractivity contribution in [2.45, 2.75) is 0 Å². The van der Waals surface area contributed by atoms with Crippen LogP contribution in [0, 0.1) is 6.08 Å². The first-order valence-electron chi connectivity index (χ1n) is 3.88. The summed E-state index contributed by atoms with van der Waals surface area (Å²) in [7, 11) is 0. The zero-order valence-corrected chi connectivity index (χ0v) is 7.74. The predicted molar refractivity (Wildman–Crippen MR) is 50.2 cm³/mol. The molecule has 0 saturated carbocycles. The Hall–Kier alpha value is -1.55. The van der Waals surface area contributed by atoms with E-state index in [0.717, 1.165) is 0 Å². The average Bonchev–Trinajstić information content (AvgIpc) is 2.18. The lowest BCUT2D eigenvalue weighted by atomic mass is 10.2. The van der Waals surface area contributed by atoms with Crippen LogP contribution in [0.2, 0.25) is 5.28 Å². The first kappa shape index (κ1) is 9.02. The number of halogens is 2. The van der Waals surface area contributed by atoms with Gasteiger partial charge in [-0.15, -0.1) is 0 Å². The van der Waals surface area contributed by atoms with Gasteiger partial charge in [0, 0.05) is 5.56 Å². The second-order valence-electron chi connectivity index (χ2n) is 2.56. The summed E-state index contributed by atoms with van der Waals surface area (Å²) in [6, 6.07) is 9.01. The average molecular weight is 210 g/mol. The Balaban J connectivity index is 2.52. The molecule has 0 spiro atoms. The molecule has 1 aromatic carbocycles. The third-order valence-corrected chi connectivity index (χ3v) is 1.78. The molecule has 0 saturated heterocycles. The highest BCUT2D eigenvalue weighted by Gasteiger charge is 2.05. The molecule has 1 aromatic heterocycles. The third kappa shape index (κ3) is 1.85. The van der Waals surface area contributed by atoms with Crippen molar-refractivity contribution in [3.8, 4) is 11.4 Å². The van der Waals surface area contributed by atoms with Gasteiger partial charge in [0.1, 0.15) is 0 Å². The fourth-order valence-corrected chi connectivity index (χ4v) is 1.19. The van der Waals surface area contributed by atoms with Gasteiger partial charge in [0.25, 0.3) is 0 Å². The Bertz CT molecular complexity index is 427. The molecule has 2 aromatic rings. The SMILES string of the molecule is Fc1nc(Cl)nc(-c2ccccc2)n1.